The van der Waals surface area contributed by atoms with Crippen LogP contribution in [0.1, 0.15) is 33.4 Å². The zero-order valence-corrected chi connectivity index (χ0v) is 83.4. The molecule has 0 atom stereocenters. The third-order valence-electron chi connectivity index (χ3n) is 23.4. The lowest BCUT2D eigenvalue weighted by Crippen LogP contribution is -1.92. The topological polar surface area (TPSA) is 347 Å². The zero-order valence-electron chi connectivity index (χ0n) is 77.1. The van der Waals surface area contributed by atoms with E-state index in [2.05, 4.69) is 168 Å². The van der Waals surface area contributed by atoms with E-state index in [1.165, 1.54) is 11.1 Å². The van der Waals surface area contributed by atoms with Crippen LogP contribution in [-0.4, -0.2) is 108 Å². The molecule has 26 nitrogen and oxygen atoms in total. The molecule has 0 saturated carbocycles. The summed E-state index contributed by atoms with van der Waals surface area (Å²) in [5.41, 5.74) is 30.0. The molecular weight excluding hydrogens is 2030 g/mol. The Kier molecular flexibility index (Phi) is 26.2. The van der Waals surface area contributed by atoms with Gasteiger partial charge in [0, 0.05) is 107 Å². The zero-order chi connectivity index (χ0) is 97.9. The number of nitrogens with one attached hydrogen (secondary N) is 5. The van der Waals surface area contributed by atoms with Gasteiger partial charge in [0.2, 0.25) is 29.1 Å². The molecule has 0 amide bonds. The molecule has 0 aliphatic rings. The summed E-state index contributed by atoms with van der Waals surface area (Å²) in [5, 5.41) is 22.0. The summed E-state index contributed by atoms with van der Waals surface area (Å²) < 4.78 is 35.7. The Morgan fingerprint density at radius 1 is 0.224 bits per heavy atom. The van der Waals surface area contributed by atoms with Crippen molar-refractivity contribution in [2.45, 2.75) is 41.5 Å². The van der Waals surface area contributed by atoms with Crippen molar-refractivity contribution in [1.82, 2.24) is 101 Å². The van der Waals surface area contributed by atoms with Crippen LogP contribution in [0.3, 0.4) is 0 Å². The van der Waals surface area contributed by atoms with Gasteiger partial charge in [-0.3, -0.25) is 0 Å². The van der Waals surface area contributed by atoms with Gasteiger partial charge in [0.1, 0.15) is 34.9 Å². The van der Waals surface area contributed by atoms with E-state index in [4.69, 9.17) is 50.6 Å². The van der Waals surface area contributed by atoms with E-state index in [-0.39, 0.29) is 0 Å². The second kappa shape index (κ2) is 40.5. The molecule has 25 aromatic rings. The van der Waals surface area contributed by atoms with Crippen molar-refractivity contribution >= 4 is 126 Å². The number of nitrogens with zero attached hydrogens (tertiary/aromatic N) is 15. The fourth-order valence-electron chi connectivity index (χ4n) is 16.2. The Hall–Kier alpha value is -16.8. The minimum absolute atomic E-state index is 0.474. The Labute approximate surface area is 851 Å². The van der Waals surface area contributed by atoms with Gasteiger partial charge < -0.3 is 52.3 Å². The summed E-state index contributed by atoms with van der Waals surface area (Å²) in [6.07, 6.45) is 0. The molecule has 0 saturated heterocycles. The van der Waals surface area contributed by atoms with E-state index in [0.717, 1.165) is 209 Å². The molecule has 698 valence electrons. The van der Waals surface area contributed by atoms with Crippen LogP contribution in [0, 0.1) is 41.5 Å². The highest BCUT2D eigenvalue weighted by molar-refractivity contribution is 9.11. The maximum atomic E-state index is 6.06. The number of imidazole rings is 5. The average molecular weight is 2110 g/mol. The molecule has 25 rings (SSSR count). The Morgan fingerprint density at radius 3 is 0.741 bits per heavy atom. The molecule has 10 heterocycles. The lowest BCUT2D eigenvalue weighted by Gasteiger charge is -2.09. The van der Waals surface area contributed by atoms with Crippen LogP contribution in [0.5, 0.6) is 5.75 Å². The minimum Gasteiger partial charge on any atom is -0.496 e. The first-order chi connectivity index (χ1) is 69.6. The number of fused-ring (bicyclic) bond motifs is 5. The lowest BCUT2D eigenvalue weighted by molar-refractivity contribution is 0.408. The summed E-state index contributed by atoms with van der Waals surface area (Å²) >= 11 is 22.6. The van der Waals surface area contributed by atoms with Crippen molar-refractivity contribution in [1.29, 1.82) is 0 Å². The number of aryl methyl sites for hydroxylation is 6. The van der Waals surface area contributed by atoms with Crippen LogP contribution in [0.25, 0.3) is 226 Å². The second-order valence-corrected chi connectivity index (χ2v) is 37.5. The van der Waals surface area contributed by atoms with E-state index in [9.17, 15) is 0 Å². The maximum absolute atomic E-state index is 6.06. The van der Waals surface area contributed by atoms with Crippen molar-refractivity contribution in [3.8, 4) is 177 Å². The first-order valence-corrected chi connectivity index (χ1v) is 48.2. The number of ether oxygens (including phenoxy) is 1. The van der Waals surface area contributed by atoms with Crippen LogP contribution in [-0.2, 0) is 0 Å². The van der Waals surface area contributed by atoms with Gasteiger partial charge in [-0.05, 0) is 204 Å². The predicted octanol–water partition coefficient (Wildman–Crippen LogP) is 30.2. The van der Waals surface area contributed by atoms with Gasteiger partial charge in [-0.1, -0.05) is 289 Å². The maximum Gasteiger partial charge on any atom is 0.258 e. The molecule has 0 aliphatic heterocycles. The number of halogens is 5. The van der Waals surface area contributed by atoms with Crippen LogP contribution < -0.4 is 4.74 Å². The standard InChI is InChI=1S/C24H19ClN4O2.C23H17ClN4O.2C22H15BrN4O.C21H13BrN4O/c1-13-10-17(11-14(2)21(13)30-3)24-28-23(29-31-24)16-6-4-15(5-7-16)22-26-19-9-8-18(25)12-20(19)27-22;1-13-9-14(2)11-17(10-13)23-27-22(28-29-23)16-5-3-15(4-6-16)21-25-19-8-7-18(24)12-20(19)26-21;2*1-13-2-4-16(5-3-13)22-26-21(27-28-22)15-8-6-14(7-9-15)20-24-18-11-10-17(23)12-19(18)25-20;22-16-10-11-17-18(12-16)24-19(23-17)13-6-8-14(9-7-13)20-25-21(27-26-20)15-4-2-1-3-5-15/h4-12H,1-3H3,(H,26,27);3-12H,1-2H3,(H,25,26);2*2-12H,1H3,(H,24,25);1-12H,(H,23,24). The van der Waals surface area contributed by atoms with Crippen LogP contribution in [0.4, 0.5) is 0 Å². The highest BCUT2D eigenvalue weighted by atomic mass is 79.9. The fourth-order valence-corrected chi connectivity index (χ4v) is 17.7. The van der Waals surface area contributed by atoms with Gasteiger partial charge in [0.15, 0.2) is 0 Å². The number of benzene rings is 15. The van der Waals surface area contributed by atoms with Crippen molar-refractivity contribution in [3.05, 3.63) is 378 Å². The second-order valence-electron chi connectivity index (χ2n) is 33.9. The van der Waals surface area contributed by atoms with Crippen molar-refractivity contribution < 1.29 is 27.4 Å². The number of aromatic amines is 5. The number of rotatable bonds is 16. The molecule has 143 heavy (non-hydrogen) atoms. The van der Waals surface area contributed by atoms with Crippen LogP contribution in [0.15, 0.2) is 358 Å². The van der Waals surface area contributed by atoms with Crippen molar-refractivity contribution in [2.75, 3.05) is 7.11 Å². The minimum atomic E-state index is 0.474. The third-order valence-corrected chi connectivity index (χ3v) is 25.4. The number of methoxy groups -OCH3 is 1. The summed E-state index contributed by atoms with van der Waals surface area (Å²) in [4.78, 5) is 62.5. The normalized spacial score (nSPS) is 11.2. The van der Waals surface area contributed by atoms with Gasteiger partial charge in [0.25, 0.3) is 29.5 Å². The molecule has 0 unspecified atom stereocenters. The molecule has 31 heteroatoms. The first-order valence-electron chi connectivity index (χ1n) is 45.1. The molecule has 5 N–H and O–H groups in total. The Bertz CT molecular complexity index is 8660. The summed E-state index contributed by atoms with van der Waals surface area (Å²) in [6.45, 7) is 12.2. The van der Waals surface area contributed by atoms with Gasteiger partial charge in [-0.25, -0.2) is 24.9 Å². The summed E-state index contributed by atoms with van der Waals surface area (Å²) in [6, 6.07) is 105. The molecule has 0 spiro atoms. The molecule has 0 bridgehead atoms. The van der Waals surface area contributed by atoms with Gasteiger partial charge in [0.05, 0.1) is 62.3 Å². The number of H-pyrrole nitrogens is 5. The van der Waals surface area contributed by atoms with Crippen LogP contribution >= 0.6 is 71.0 Å². The quantitative estimate of drug-likeness (QED) is 0.0600. The highest BCUT2D eigenvalue weighted by Crippen LogP contribution is 2.38. The highest BCUT2D eigenvalue weighted by Gasteiger charge is 2.22. The molecule has 0 fully saturated rings. The third kappa shape index (κ3) is 20.9. The SMILES string of the molecule is Brc1ccc2nc(-c3ccc(-c4noc(-c5ccccc5)n4)cc3)[nH]c2c1.COc1c(C)cc(-c2nc(-c3ccc(-c4nc5ccc(Cl)cc5[nH]4)cc3)no2)cc1C.Cc1cc(C)cc(-c2nc(-c3ccc(-c4nc5ccc(Cl)cc5[nH]4)cc3)no2)c1.Cc1ccc(-c2nc(-c3ccc(-c4nc5ccc(Br)cc5[nH]4)cc3)no2)cc1.Cc1ccc(-c2nc(-c3ccc(-c4nc5ccc(Br)cc5[nH]4)cc3)no2)cc1. The fraction of sp³-hybridized carbons (Fsp3) is 0.0625. The van der Waals surface area contributed by atoms with E-state index in [0.29, 0.717) is 68.6 Å². The largest absolute Gasteiger partial charge is 0.496 e. The predicted molar refractivity (Wildman–Crippen MR) is 569 cm³/mol. The Morgan fingerprint density at radius 2 is 0.462 bits per heavy atom. The molecule has 0 aliphatic carbocycles. The van der Waals surface area contributed by atoms with E-state index in [1.807, 2.05) is 343 Å². The first kappa shape index (κ1) is 92.5. The molecular formula is C112H79Br3Cl2N20O6. The van der Waals surface area contributed by atoms with E-state index < -0.39 is 0 Å². The smallest absolute Gasteiger partial charge is 0.258 e. The van der Waals surface area contributed by atoms with Gasteiger partial charge in [-0.2, -0.15) is 24.9 Å². The number of hydrogen-bond acceptors (Lipinski definition) is 21. The molecule has 15 aromatic carbocycles. The average Bonchev–Trinajstić information content (AvgIpc) is 1.66. The van der Waals surface area contributed by atoms with Gasteiger partial charge in [-0.15, -0.1) is 0 Å². The monoisotopic (exact) mass is 2110 g/mol. The molecule has 0 radical (unpaired) electrons. The van der Waals surface area contributed by atoms with Crippen molar-refractivity contribution in [3.63, 3.8) is 0 Å². The van der Waals surface area contributed by atoms with Crippen molar-refractivity contribution in [2.24, 2.45) is 0 Å². The number of aromatic nitrogens is 20. The lowest BCUT2D eigenvalue weighted by atomic mass is 10.1. The molecule has 10 aromatic heterocycles. The van der Waals surface area contributed by atoms with Crippen LogP contribution in [0.2, 0.25) is 10.0 Å². The summed E-state index contributed by atoms with van der Waals surface area (Å²) in [7, 11) is 1.67. The Balaban J connectivity index is 0.000000106. The summed E-state index contributed by atoms with van der Waals surface area (Å²) in [5.74, 6) is 10.2. The number of hydrogen-bond donors (Lipinski definition) is 5. The van der Waals surface area contributed by atoms with Gasteiger partial charge >= 0.3 is 0 Å². The van der Waals surface area contributed by atoms with E-state index in [1.54, 1.807) is 7.11 Å². The van der Waals surface area contributed by atoms with E-state index >= 15 is 0 Å².